The molecule has 0 saturated carbocycles. The highest BCUT2D eigenvalue weighted by Crippen LogP contribution is 2.26. The van der Waals surface area contributed by atoms with Crippen molar-refractivity contribution in [2.24, 2.45) is 0 Å². The molecule has 0 bridgehead atoms. The second-order valence-electron chi connectivity index (χ2n) is 4.18. The molecule has 0 radical (unpaired) electrons. The maximum atomic E-state index is 4.62. The van der Waals surface area contributed by atoms with Gasteiger partial charge in [-0.15, -0.1) is 0 Å². The molecule has 0 fully saturated rings. The summed E-state index contributed by atoms with van der Waals surface area (Å²) in [5, 5.41) is 8.32. The first-order chi connectivity index (χ1) is 8.78. The largest absolute Gasteiger partial charge is 0.373 e. The van der Waals surface area contributed by atoms with Crippen LogP contribution >= 0.6 is 11.3 Å². The van der Waals surface area contributed by atoms with Crippen molar-refractivity contribution in [2.75, 3.05) is 12.4 Å². The van der Waals surface area contributed by atoms with E-state index in [1.165, 1.54) is 5.56 Å². The van der Waals surface area contributed by atoms with Crippen LogP contribution in [0.3, 0.4) is 0 Å². The molecule has 0 unspecified atom stereocenters. The third-order valence-corrected chi connectivity index (χ3v) is 3.55. The number of aromatic nitrogens is 2. The first-order valence-electron chi connectivity index (χ1n) is 5.76. The number of anilines is 1. The zero-order chi connectivity index (χ0) is 12.5. The number of fused-ring (bicyclic) bond motifs is 1. The number of nitrogens with one attached hydrogen (secondary N) is 1. The third kappa shape index (κ3) is 1.84. The Balaban J connectivity index is 2.28. The Labute approximate surface area is 110 Å². The predicted molar refractivity (Wildman–Crippen MR) is 77.1 cm³/mol. The van der Waals surface area contributed by atoms with Crippen LogP contribution in [0.25, 0.3) is 22.3 Å². The fourth-order valence-corrected chi connectivity index (χ4v) is 2.59. The summed E-state index contributed by atoms with van der Waals surface area (Å²) in [6.45, 7) is 2.08. The fraction of sp³-hybridized carbons (Fsp3) is 0.143. The molecule has 1 N–H and O–H groups in total. The van der Waals surface area contributed by atoms with E-state index >= 15 is 0 Å². The molecule has 0 aliphatic heterocycles. The highest BCUT2D eigenvalue weighted by Gasteiger charge is 2.08. The minimum Gasteiger partial charge on any atom is -0.373 e. The molecule has 0 aliphatic rings. The fourth-order valence-electron chi connectivity index (χ4n) is 1.95. The van der Waals surface area contributed by atoms with Crippen molar-refractivity contribution >= 4 is 28.1 Å². The summed E-state index contributed by atoms with van der Waals surface area (Å²) in [7, 11) is 1.89. The zero-order valence-electron chi connectivity index (χ0n) is 10.3. The van der Waals surface area contributed by atoms with Crippen LogP contribution in [0.2, 0.25) is 0 Å². The molecule has 0 amide bonds. The number of rotatable bonds is 2. The van der Waals surface area contributed by atoms with Crippen molar-refractivity contribution in [2.45, 2.75) is 6.92 Å². The van der Waals surface area contributed by atoms with Crippen molar-refractivity contribution in [3.8, 4) is 11.4 Å². The number of hydrogen-bond acceptors (Lipinski definition) is 4. The van der Waals surface area contributed by atoms with Crippen LogP contribution in [0.4, 0.5) is 5.82 Å². The molecule has 2 heterocycles. The topological polar surface area (TPSA) is 37.8 Å². The highest BCUT2D eigenvalue weighted by atomic mass is 32.1. The maximum absolute atomic E-state index is 4.62. The molecule has 2 aromatic heterocycles. The van der Waals surface area contributed by atoms with E-state index in [0.717, 1.165) is 28.1 Å². The quantitative estimate of drug-likeness (QED) is 0.758. The summed E-state index contributed by atoms with van der Waals surface area (Å²) in [5.41, 5.74) is 3.26. The van der Waals surface area contributed by atoms with Gasteiger partial charge in [0, 0.05) is 23.4 Å². The number of aryl methyl sites for hydroxylation is 1. The minimum absolute atomic E-state index is 0.775. The summed E-state index contributed by atoms with van der Waals surface area (Å²) >= 11 is 1.66. The second kappa shape index (κ2) is 4.38. The van der Waals surface area contributed by atoms with Gasteiger partial charge in [0.05, 0.1) is 5.52 Å². The average Bonchev–Trinajstić information content (AvgIpc) is 2.91. The summed E-state index contributed by atoms with van der Waals surface area (Å²) in [5.74, 6) is 1.65. The maximum Gasteiger partial charge on any atom is 0.162 e. The van der Waals surface area contributed by atoms with Gasteiger partial charge in [0.15, 0.2) is 5.82 Å². The average molecular weight is 255 g/mol. The van der Waals surface area contributed by atoms with E-state index < -0.39 is 0 Å². The zero-order valence-corrected chi connectivity index (χ0v) is 11.1. The molecule has 0 spiro atoms. The van der Waals surface area contributed by atoms with E-state index in [4.69, 9.17) is 0 Å². The lowest BCUT2D eigenvalue weighted by Crippen LogP contribution is -1.98. The smallest absolute Gasteiger partial charge is 0.162 e. The van der Waals surface area contributed by atoms with Gasteiger partial charge < -0.3 is 5.32 Å². The van der Waals surface area contributed by atoms with Crippen molar-refractivity contribution in [1.82, 2.24) is 9.97 Å². The Morgan fingerprint density at radius 1 is 1.17 bits per heavy atom. The normalized spacial score (nSPS) is 10.8. The Hall–Kier alpha value is -1.94. The first-order valence-corrected chi connectivity index (χ1v) is 6.71. The van der Waals surface area contributed by atoms with E-state index in [2.05, 4.69) is 39.7 Å². The standard InChI is InChI=1S/C14H13N3S/c1-9-3-4-12-11(7-9)14(15-2)17-13(16-12)10-5-6-18-8-10/h3-8H,1-2H3,(H,15,16,17). The molecular formula is C14H13N3S. The van der Waals surface area contributed by atoms with E-state index in [-0.39, 0.29) is 0 Å². The molecule has 0 aliphatic carbocycles. The van der Waals surface area contributed by atoms with Crippen LogP contribution in [-0.4, -0.2) is 17.0 Å². The lowest BCUT2D eigenvalue weighted by Gasteiger charge is -2.08. The van der Waals surface area contributed by atoms with Gasteiger partial charge in [-0.1, -0.05) is 11.6 Å². The number of nitrogens with zero attached hydrogens (tertiary/aromatic N) is 2. The van der Waals surface area contributed by atoms with Crippen LogP contribution in [0.5, 0.6) is 0 Å². The van der Waals surface area contributed by atoms with Gasteiger partial charge in [0.1, 0.15) is 5.82 Å². The highest BCUT2D eigenvalue weighted by molar-refractivity contribution is 7.08. The Morgan fingerprint density at radius 2 is 2.06 bits per heavy atom. The van der Waals surface area contributed by atoms with Crippen LogP contribution < -0.4 is 5.32 Å². The van der Waals surface area contributed by atoms with Gasteiger partial charge in [-0.25, -0.2) is 9.97 Å². The monoisotopic (exact) mass is 255 g/mol. The van der Waals surface area contributed by atoms with Gasteiger partial charge in [-0.2, -0.15) is 11.3 Å². The minimum atomic E-state index is 0.775. The summed E-state index contributed by atoms with van der Waals surface area (Å²) < 4.78 is 0. The van der Waals surface area contributed by atoms with Gasteiger partial charge in [-0.05, 0) is 30.5 Å². The summed E-state index contributed by atoms with van der Waals surface area (Å²) in [4.78, 5) is 9.21. The lowest BCUT2D eigenvalue weighted by atomic mass is 10.1. The molecule has 0 atom stereocenters. The van der Waals surface area contributed by atoms with E-state index in [0.29, 0.717) is 0 Å². The third-order valence-electron chi connectivity index (χ3n) is 2.87. The van der Waals surface area contributed by atoms with Gasteiger partial charge >= 0.3 is 0 Å². The van der Waals surface area contributed by atoms with Crippen molar-refractivity contribution in [1.29, 1.82) is 0 Å². The molecule has 18 heavy (non-hydrogen) atoms. The van der Waals surface area contributed by atoms with Crippen molar-refractivity contribution < 1.29 is 0 Å². The molecule has 0 saturated heterocycles. The lowest BCUT2D eigenvalue weighted by molar-refractivity contribution is 1.21. The Bertz CT molecular complexity index is 690. The molecule has 1 aromatic carbocycles. The first kappa shape index (κ1) is 11.2. The van der Waals surface area contributed by atoms with E-state index in [1.807, 2.05) is 24.6 Å². The van der Waals surface area contributed by atoms with Crippen LogP contribution in [-0.2, 0) is 0 Å². The van der Waals surface area contributed by atoms with Gasteiger partial charge in [0.2, 0.25) is 0 Å². The molecule has 3 nitrogen and oxygen atoms in total. The Morgan fingerprint density at radius 3 is 2.78 bits per heavy atom. The molecular weight excluding hydrogens is 242 g/mol. The molecule has 3 rings (SSSR count). The van der Waals surface area contributed by atoms with Crippen molar-refractivity contribution in [3.05, 3.63) is 40.6 Å². The number of benzene rings is 1. The molecule has 90 valence electrons. The second-order valence-corrected chi connectivity index (χ2v) is 4.96. The SMILES string of the molecule is CNc1nc(-c2ccsc2)nc2ccc(C)cc12. The van der Waals surface area contributed by atoms with Gasteiger partial charge in [-0.3, -0.25) is 0 Å². The Kier molecular flexibility index (Phi) is 2.72. The van der Waals surface area contributed by atoms with Crippen LogP contribution in [0, 0.1) is 6.92 Å². The number of thiophene rings is 1. The van der Waals surface area contributed by atoms with Gasteiger partial charge in [0.25, 0.3) is 0 Å². The summed E-state index contributed by atoms with van der Waals surface area (Å²) in [6.07, 6.45) is 0. The molecule has 3 aromatic rings. The summed E-state index contributed by atoms with van der Waals surface area (Å²) in [6, 6.07) is 8.27. The predicted octanol–water partition coefficient (Wildman–Crippen LogP) is 3.71. The van der Waals surface area contributed by atoms with Crippen LogP contribution in [0.15, 0.2) is 35.0 Å². The van der Waals surface area contributed by atoms with Crippen LogP contribution in [0.1, 0.15) is 5.56 Å². The van der Waals surface area contributed by atoms with E-state index in [1.54, 1.807) is 11.3 Å². The number of hydrogen-bond donors (Lipinski definition) is 1. The van der Waals surface area contributed by atoms with Crippen molar-refractivity contribution in [3.63, 3.8) is 0 Å². The molecule has 4 heteroatoms. The van der Waals surface area contributed by atoms with E-state index in [9.17, 15) is 0 Å².